The molecule has 2 saturated heterocycles. The van der Waals surface area contributed by atoms with Gasteiger partial charge in [0.1, 0.15) is 0 Å². The molecule has 4 amide bonds. The van der Waals surface area contributed by atoms with Gasteiger partial charge >= 0.3 is 18.4 Å². The Morgan fingerprint density at radius 3 is 1.91 bits per heavy atom. The van der Waals surface area contributed by atoms with Gasteiger partial charge in [0, 0.05) is 70.3 Å². The first-order valence-corrected chi connectivity index (χ1v) is 15.5. The zero-order chi connectivity index (χ0) is 34.1. The molecule has 252 valence electrons. The minimum atomic E-state index is -5.08. The van der Waals surface area contributed by atoms with Gasteiger partial charge in [0.2, 0.25) is 11.8 Å². The second kappa shape index (κ2) is 13.9. The van der Waals surface area contributed by atoms with Crippen LogP contribution < -0.4 is 4.90 Å². The summed E-state index contributed by atoms with van der Waals surface area (Å²) in [5.41, 5.74) is -2.97. The molecule has 0 N–H and O–H groups in total. The molecular weight excluding hydrogens is 661 g/mol. The largest absolute Gasteiger partial charge is 0.416 e. The molecule has 0 saturated carbocycles. The lowest BCUT2D eigenvalue weighted by molar-refractivity contribution is -0.143. The van der Waals surface area contributed by atoms with Crippen LogP contribution in [0.4, 0.5) is 36.8 Å². The quantitative estimate of drug-likeness (QED) is 0.304. The van der Waals surface area contributed by atoms with Crippen LogP contribution >= 0.6 is 23.2 Å². The number of likely N-dealkylation sites (N-methyl/N-ethyl adjacent to an activating group) is 1. The van der Waals surface area contributed by atoms with Gasteiger partial charge in [-0.2, -0.15) is 26.3 Å². The predicted molar refractivity (Wildman–Crippen MR) is 162 cm³/mol. The number of carbonyl (C=O) groups is 3. The maximum Gasteiger partial charge on any atom is 0.416 e. The minimum absolute atomic E-state index is 0.0103. The fraction of sp³-hybridized carbons (Fsp3) is 0.516. The Morgan fingerprint density at radius 1 is 0.848 bits per heavy atom. The highest BCUT2D eigenvalue weighted by molar-refractivity contribution is 6.42. The van der Waals surface area contributed by atoms with E-state index in [0.29, 0.717) is 43.6 Å². The summed E-state index contributed by atoms with van der Waals surface area (Å²) in [4.78, 5) is 44.8. The Balaban J connectivity index is 1.64. The van der Waals surface area contributed by atoms with Crippen LogP contribution in [0.2, 0.25) is 10.0 Å². The van der Waals surface area contributed by atoms with Gasteiger partial charge in [-0.25, -0.2) is 4.79 Å². The number of hydrogen-bond acceptors (Lipinski definition) is 3. The summed E-state index contributed by atoms with van der Waals surface area (Å²) >= 11 is 12.5. The number of piperidine rings is 2. The van der Waals surface area contributed by atoms with Crippen molar-refractivity contribution in [2.75, 3.05) is 44.7 Å². The molecule has 4 rings (SSSR count). The zero-order valence-corrected chi connectivity index (χ0v) is 26.9. The number of benzene rings is 2. The molecule has 2 unspecified atom stereocenters. The number of nitrogens with zero attached hydrogens (tertiary/aromatic N) is 4. The van der Waals surface area contributed by atoms with Crippen molar-refractivity contribution in [2.24, 2.45) is 5.92 Å². The number of rotatable bonds is 5. The van der Waals surface area contributed by atoms with Crippen LogP contribution in [-0.4, -0.2) is 78.4 Å². The lowest BCUT2D eigenvalue weighted by Gasteiger charge is -2.46. The van der Waals surface area contributed by atoms with E-state index in [1.165, 1.54) is 11.8 Å². The van der Waals surface area contributed by atoms with Gasteiger partial charge in [-0.3, -0.25) is 14.5 Å². The van der Waals surface area contributed by atoms with Crippen LogP contribution in [-0.2, 0) is 21.9 Å². The van der Waals surface area contributed by atoms with Crippen LogP contribution in [0.15, 0.2) is 36.4 Å². The van der Waals surface area contributed by atoms with Crippen molar-refractivity contribution in [3.63, 3.8) is 0 Å². The normalized spacial score (nSPS) is 19.6. The lowest BCUT2D eigenvalue weighted by Crippen LogP contribution is -2.56. The number of alkyl halides is 6. The van der Waals surface area contributed by atoms with E-state index in [4.69, 9.17) is 23.2 Å². The molecule has 2 aromatic rings. The molecule has 46 heavy (non-hydrogen) atoms. The van der Waals surface area contributed by atoms with E-state index in [2.05, 4.69) is 0 Å². The summed E-state index contributed by atoms with van der Waals surface area (Å²) in [6, 6.07) is 4.57. The number of halogens is 8. The highest BCUT2D eigenvalue weighted by Gasteiger charge is 2.42. The number of urea groups is 1. The maximum atomic E-state index is 13.9. The molecule has 0 bridgehead atoms. The molecule has 0 aromatic heterocycles. The highest BCUT2D eigenvalue weighted by atomic mass is 35.5. The van der Waals surface area contributed by atoms with Gasteiger partial charge in [0.05, 0.1) is 21.2 Å². The number of amides is 4. The van der Waals surface area contributed by atoms with Crippen molar-refractivity contribution in [1.29, 1.82) is 0 Å². The molecule has 2 aliphatic heterocycles. The first-order valence-electron chi connectivity index (χ1n) is 14.7. The van der Waals surface area contributed by atoms with Crippen LogP contribution in [0.1, 0.15) is 55.7 Å². The molecule has 0 radical (unpaired) electrons. The lowest BCUT2D eigenvalue weighted by atomic mass is 9.84. The summed E-state index contributed by atoms with van der Waals surface area (Å²) in [5, 5.41) is 0.532. The minimum Gasteiger partial charge on any atom is -0.343 e. The molecule has 0 spiro atoms. The standard InChI is InChI=1S/C31H34Cl2F6N4O3/c1-4-43(29(46)40(3)23-15-21(30(34,35)36)14-22(16-23)31(37,38)39)27-9-12-42(17-24(27)20-5-6-25(32)26(33)13-20)28(45)19-7-10-41(11-8-19)18(2)44/h5-6,13-16,19,24,27H,4,7-12,17H2,1-3H3. The van der Waals surface area contributed by atoms with E-state index < -0.39 is 47.2 Å². The molecule has 7 nitrogen and oxygen atoms in total. The van der Waals surface area contributed by atoms with Gasteiger partial charge in [0.25, 0.3) is 0 Å². The second-order valence-electron chi connectivity index (χ2n) is 11.6. The van der Waals surface area contributed by atoms with Gasteiger partial charge in [0.15, 0.2) is 0 Å². The Kier molecular flexibility index (Phi) is 10.8. The van der Waals surface area contributed by atoms with Crippen molar-refractivity contribution in [3.8, 4) is 0 Å². The SMILES string of the molecule is CCN(C(=O)N(C)c1cc(C(F)(F)F)cc(C(F)(F)F)c1)C1CCN(C(=O)C2CCN(C(C)=O)CC2)CC1c1ccc(Cl)c(Cl)c1. The Labute approximate surface area is 273 Å². The van der Waals surface area contributed by atoms with Crippen LogP contribution in [0.25, 0.3) is 0 Å². The third kappa shape index (κ3) is 7.84. The third-order valence-corrected chi connectivity index (χ3v) is 9.52. The van der Waals surface area contributed by atoms with E-state index in [-0.39, 0.29) is 59.9 Å². The van der Waals surface area contributed by atoms with Crippen molar-refractivity contribution in [1.82, 2.24) is 14.7 Å². The highest BCUT2D eigenvalue weighted by Crippen LogP contribution is 2.40. The van der Waals surface area contributed by atoms with Gasteiger partial charge < -0.3 is 14.7 Å². The average molecular weight is 696 g/mol. The predicted octanol–water partition coefficient (Wildman–Crippen LogP) is 7.55. The number of carbonyl (C=O) groups excluding carboxylic acids is 3. The van der Waals surface area contributed by atoms with Gasteiger partial charge in [-0.05, 0) is 62.1 Å². The molecular formula is C31H34Cl2F6N4O3. The van der Waals surface area contributed by atoms with E-state index in [1.807, 2.05) is 0 Å². The van der Waals surface area contributed by atoms with Crippen molar-refractivity contribution >= 4 is 46.7 Å². The van der Waals surface area contributed by atoms with Crippen molar-refractivity contribution < 1.29 is 40.7 Å². The summed E-state index contributed by atoms with van der Waals surface area (Å²) in [5.74, 6) is -0.933. The van der Waals surface area contributed by atoms with E-state index in [0.717, 1.165) is 11.9 Å². The molecule has 2 heterocycles. The zero-order valence-electron chi connectivity index (χ0n) is 25.4. The summed E-state index contributed by atoms with van der Waals surface area (Å²) in [6.45, 7) is 4.60. The molecule has 2 fully saturated rings. The molecule has 2 atom stereocenters. The summed E-state index contributed by atoms with van der Waals surface area (Å²) < 4.78 is 81.3. The van der Waals surface area contributed by atoms with E-state index in [9.17, 15) is 40.7 Å². The fourth-order valence-electron chi connectivity index (χ4n) is 6.23. The smallest absolute Gasteiger partial charge is 0.343 e. The Hall–Kier alpha value is -3.19. The van der Waals surface area contributed by atoms with E-state index >= 15 is 0 Å². The summed E-state index contributed by atoms with van der Waals surface area (Å²) in [7, 11) is 1.13. The monoisotopic (exact) mass is 694 g/mol. The first-order chi connectivity index (χ1) is 21.4. The molecule has 2 aliphatic rings. The summed E-state index contributed by atoms with van der Waals surface area (Å²) in [6.07, 6.45) is -8.85. The molecule has 15 heteroatoms. The number of anilines is 1. The first kappa shape index (κ1) is 35.7. The Bertz CT molecular complexity index is 1430. The molecule has 2 aromatic carbocycles. The number of hydrogen-bond donors (Lipinski definition) is 0. The average Bonchev–Trinajstić information content (AvgIpc) is 3.01. The van der Waals surface area contributed by atoms with Gasteiger partial charge in [-0.15, -0.1) is 0 Å². The van der Waals surface area contributed by atoms with Crippen LogP contribution in [0, 0.1) is 5.92 Å². The van der Waals surface area contributed by atoms with Crippen molar-refractivity contribution in [3.05, 3.63) is 63.1 Å². The fourth-order valence-corrected chi connectivity index (χ4v) is 6.54. The topological polar surface area (TPSA) is 64.2 Å². The van der Waals surface area contributed by atoms with Crippen LogP contribution in [0.5, 0.6) is 0 Å². The van der Waals surface area contributed by atoms with Gasteiger partial charge in [-0.1, -0.05) is 29.3 Å². The maximum absolute atomic E-state index is 13.9. The van der Waals surface area contributed by atoms with Crippen LogP contribution in [0.3, 0.4) is 0 Å². The van der Waals surface area contributed by atoms with Crippen molar-refractivity contribution in [2.45, 2.75) is 57.4 Å². The Morgan fingerprint density at radius 2 is 1.41 bits per heavy atom. The van der Waals surface area contributed by atoms with E-state index in [1.54, 1.807) is 34.9 Å². The third-order valence-electron chi connectivity index (χ3n) is 8.78. The molecule has 0 aliphatic carbocycles. The second-order valence-corrected chi connectivity index (χ2v) is 12.4. The number of likely N-dealkylation sites (tertiary alicyclic amines) is 2.